The summed E-state index contributed by atoms with van der Waals surface area (Å²) in [6, 6.07) is 5.73. The maximum absolute atomic E-state index is 11.8. The molecule has 0 saturated carbocycles. The second-order valence-electron chi connectivity index (χ2n) is 5.25. The van der Waals surface area contributed by atoms with Crippen LogP contribution in [0.4, 0.5) is 5.69 Å². The zero-order chi connectivity index (χ0) is 17.5. The number of nitrogens with one attached hydrogen (secondary N) is 3. The topological polar surface area (TPSA) is 114 Å². The van der Waals surface area contributed by atoms with Crippen molar-refractivity contribution in [3.63, 3.8) is 0 Å². The second kappa shape index (κ2) is 8.09. The molecule has 1 aromatic carbocycles. The van der Waals surface area contributed by atoms with Gasteiger partial charge in [0.25, 0.3) is 11.8 Å². The van der Waals surface area contributed by atoms with Gasteiger partial charge in [0.15, 0.2) is 6.61 Å². The van der Waals surface area contributed by atoms with Gasteiger partial charge in [-0.3, -0.25) is 14.4 Å². The molecule has 8 nitrogen and oxygen atoms in total. The van der Waals surface area contributed by atoms with Crippen molar-refractivity contribution in [3.05, 3.63) is 29.8 Å². The van der Waals surface area contributed by atoms with E-state index in [0.717, 1.165) is 0 Å². The molecule has 1 fully saturated rings. The van der Waals surface area contributed by atoms with Gasteiger partial charge >= 0.3 is 5.97 Å². The molecule has 0 unspecified atom stereocenters. The van der Waals surface area contributed by atoms with E-state index >= 15 is 0 Å². The zero-order valence-electron chi connectivity index (χ0n) is 13.3. The van der Waals surface area contributed by atoms with E-state index in [1.165, 1.54) is 6.07 Å². The maximum Gasteiger partial charge on any atom is 0.329 e. The monoisotopic (exact) mass is 333 g/mol. The van der Waals surface area contributed by atoms with Crippen LogP contribution >= 0.6 is 0 Å². The summed E-state index contributed by atoms with van der Waals surface area (Å²) >= 11 is 0. The Balaban J connectivity index is 1.84. The first-order chi connectivity index (χ1) is 11.5. The summed E-state index contributed by atoms with van der Waals surface area (Å²) in [7, 11) is 0. The molecule has 0 bridgehead atoms. The summed E-state index contributed by atoms with van der Waals surface area (Å²) < 4.78 is 4.88. The Hall–Kier alpha value is -2.90. The lowest BCUT2D eigenvalue weighted by Crippen LogP contribution is -2.36. The van der Waals surface area contributed by atoms with E-state index in [1.807, 2.05) is 6.92 Å². The first kappa shape index (κ1) is 17.5. The fourth-order valence-corrected chi connectivity index (χ4v) is 2.23. The lowest BCUT2D eigenvalue weighted by Gasteiger charge is -2.11. The highest BCUT2D eigenvalue weighted by molar-refractivity contribution is 5.98. The Morgan fingerprint density at radius 2 is 2.12 bits per heavy atom. The number of ether oxygens (including phenoxy) is 1. The third-order valence-electron chi connectivity index (χ3n) is 3.37. The molecule has 128 valence electrons. The molecule has 24 heavy (non-hydrogen) atoms. The van der Waals surface area contributed by atoms with Crippen LogP contribution in [0.3, 0.4) is 0 Å². The smallest absolute Gasteiger partial charge is 0.329 e. The van der Waals surface area contributed by atoms with Crippen LogP contribution in [-0.2, 0) is 19.1 Å². The fraction of sp³-hybridized carbons (Fsp3) is 0.375. The first-order valence-corrected chi connectivity index (χ1v) is 7.63. The SMILES string of the molecule is CCNC(=O)c1cccc(NC(=O)COC(=O)[C@@H]2CCC(=O)N2)c1. The molecule has 3 amide bonds. The van der Waals surface area contributed by atoms with Crippen molar-refractivity contribution >= 4 is 29.4 Å². The molecular weight excluding hydrogens is 314 g/mol. The number of esters is 1. The standard InChI is InChI=1S/C16H19N3O5/c1-2-17-15(22)10-4-3-5-11(8-10)18-14(21)9-24-16(23)12-6-7-13(20)19-12/h3-5,8,12H,2,6-7,9H2,1H3,(H,17,22)(H,18,21)(H,19,20)/t12-/m0/s1. The summed E-state index contributed by atoms with van der Waals surface area (Å²) in [4.78, 5) is 46.3. The van der Waals surface area contributed by atoms with Gasteiger partial charge in [-0.2, -0.15) is 0 Å². The van der Waals surface area contributed by atoms with E-state index in [2.05, 4.69) is 16.0 Å². The largest absolute Gasteiger partial charge is 0.454 e. The lowest BCUT2D eigenvalue weighted by atomic mass is 10.2. The minimum Gasteiger partial charge on any atom is -0.454 e. The highest BCUT2D eigenvalue weighted by Crippen LogP contribution is 2.11. The van der Waals surface area contributed by atoms with Gasteiger partial charge in [-0.05, 0) is 31.5 Å². The fourth-order valence-electron chi connectivity index (χ4n) is 2.23. The van der Waals surface area contributed by atoms with Crippen molar-refractivity contribution in [1.29, 1.82) is 0 Å². The number of amides is 3. The van der Waals surface area contributed by atoms with E-state index in [-0.39, 0.29) is 18.2 Å². The summed E-state index contributed by atoms with van der Waals surface area (Å²) in [6.45, 7) is 1.85. The molecule has 0 aromatic heterocycles. The number of rotatable bonds is 6. The molecule has 1 saturated heterocycles. The third kappa shape index (κ3) is 4.80. The molecule has 1 aromatic rings. The van der Waals surface area contributed by atoms with Crippen molar-refractivity contribution in [2.24, 2.45) is 0 Å². The van der Waals surface area contributed by atoms with Gasteiger partial charge in [0.05, 0.1) is 0 Å². The van der Waals surface area contributed by atoms with Gasteiger partial charge in [-0.1, -0.05) is 6.07 Å². The number of benzene rings is 1. The molecule has 0 radical (unpaired) electrons. The molecule has 0 aliphatic carbocycles. The molecule has 0 spiro atoms. The van der Waals surface area contributed by atoms with Crippen LogP contribution in [0.15, 0.2) is 24.3 Å². The van der Waals surface area contributed by atoms with Crippen molar-refractivity contribution in [1.82, 2.24) is 10.6 Å². The predicted molar refractivity (Wildman–Crippen MR) is 85.2 cm³/mol. The van der Waals surface area contributed by atoms with Crippen LogP contribution in [0, 0.1) is 0 Å². The average Bonchev–Trinajstić information content (AvgIpc) is 3.00. The van der Waals surface area contributed by atoms with E-state index in [1.54, 1.807) is 18.2 Å². The molecule has 3 N–H and O–H groups in total. The average molecular weight is 333 g/mol. The highest BCUT2D eigenvalue weighted by atomic mass is 16.5. The third-order valence-corrected chi connectivity index (χ3v) is 3.37. The summed E-state index contributed by atoms with van der Waals surface area (Å²) in [5, 5.41) is 7.68. The Morgan fingerprint density at radius 3 is 2.79 bits per heavy atom. The van der Waals surface area contributed by atoms with Crippen molar-refractivity contribution in [2.75, 3.05) is 18.5 Å². The number of carbonyl (C=O) groups excluding carboxylic acids is 4. The van der Waals surface area contributed by atoms with Crippen LogP contribution in [0.5, 0.6) is 0 Å². The quantitative estimate of drug-likeness (QED) is 0.644. The van der Waals surface area contributed by atoms with Crippen LogP contribution in [0.25, 0.3) is 0 Å². The number of hydrogen-bond donors (Lipinski definition) is 3. The van der Waals surface area contributed by atoms with Gasteiger partial charge in [0, 0.05) is 24.2 Å². The van der Waals surface area contributed by atoms with Gasteiger partial charge < -0.3 is 20.7 Å². The van der Waals surface area contributed by atoms with Crippen LogP contribution < -0.4 is 16.0 Å². The Labute approximate surface area is 138 Å². The molecule has 1 aliphatic heterocycles. The molecule has 1 atom stereocenters. The van der Waals surface area contributed by atoms with Gasteiger partial charge in [0.2, 0.25) is 5.91 Å². The molecule has 8 heteroatoms. The molecule has 1 heterocycles. The highest BCUT2D eigenvalue weighted by Gasteiger charge is 2.28. The van der Waals surface area contributed by atoms with Crippen molar-refractivity contribution in [2.45, 2.75) is 25.8 Å². The second-order valence-corrected chi connectivity index (χ2v) is 5.25. The van der Waals surface area contributed by atoms with Crippen molar-refractivity contribution in [3.8, 4) is 0 Å². The van der Waals surface area contributed by atoms with Crippen LogP contribution in [-0.4, -0.2) is 42.9 Å². The molecule has 1 aliphatic rings. The van der Waals surface area contributed by atoms with Crippen LogP contribution in [0.2, 0.25) is 0 Å². The Morgan fingerprint density at radius 1 is 1.33 bits per heavy atom. The Kier molecular flexibility index (Phi) is 5.89. The number of hydrogen-bond acceptors (Lipinski definition) is 5. The number of carbonyl (C=O) groups is 4. The van der Waals surface area contributed by atoms with E-state index in [9.17, 15) is 19.2 Å². The maximum atomic E-state index is 11.8. The van der Waals surface area contributed by atoms with Gasteiger partial charge in [0.1, 0.15) is 6.04 Å². The van der Waals surface area contributed by atoms with Crippen LogP contribution in [0.1, 0.15) is 30.1 Å². The predicted octanol–water partition coefficient (Wildman–Crippen LogP) is 0.197. The lowest BCUT2D eigenvalue weighted by molar-refractivity contribution is -0.149. The van der Waals surface area contributed by atoms with Gasteiger partial charge in [-0.25, -0.2) is 4.79 Å². The zero-order valence-corrected chi connectivity index (χ0v) is 13.3. The van der Waals surface area contributed by atoms with E-state index in [4.69, 9.17) is 4.74 Å². The molecular formula is C16H19N3O5. The minimum atomic E-state index is -0.689. The van der Waals surface area contributed by atoms with Gasteiger partial charge in [-0.15, -0.1) is 0 Å². The van der Waals surface area contributed by atoms with Crippen molar-refractivity contribution < 1.29 is 23.9 Å². The summed E-state index contributed by atoms with van der Waals surface area (Å²) in [5.41, 5.74) is 0.842. The van der Waals surface area contributed by atoms with E-state index < -0.39 is 24.5 Å². The Bertz CT molecular complexity index is 659. The van der Waals surface area contributed by atoms with E-state index in [0.29, 0.717) is 24.2 Å². The first-order valence-electron chi connectivity index (χ1n) is 7.63. The minimum absolute atomic E-state index is 0.205. The number of anilines is 1. The summed E-state index contributed by atoms with van der Waals surface area (Å²) in [6.07, 6.45) is 0.645. The summed E-state index contributed by atoms with van der Waals surface area (Å²) in [5.74, 6) is -1.60. The normalized spacial score (nSPS) is 16.2. The molecule has 2 rings (SSSR count).